The lowest BCUT2D eigenvalue weighted by Gasteiger charge is -2.12. The second-order valence-electron chi connectivity index (χ2n) is 5.97. The summed E-state index contributed by atoms with van der Waals surface area (Å²) in [7, 11) is 0. The predicted molar refractivity (Wildman–Crippen MR) is 88.5 cm³/mol. The number of nitrogens with zero attached hydrogens (tertiary/aromatic N) is 3. The van der Waals surface area contributed by atoms with Crippen molar-refractivity contribution in [1.29, 1.82) is 5.26 Å². The molecule has 0 radical (unpaired) electrons. The molecule has 0 saturated heterocycles. The third-order valence-electron chi connectivity index (χ3n) is 3.79. The molecule has 3 rings (SSSR count). The zero-order valence-corrected chi connectivity index (χ0v) is 13.0. The molecule has 0 fully saturated rings. The number of hydrogen-bond donors (Lipinski definition) is 0. The van der Waals surface area contributed by atoms with Crippen LogP contribution in [0.5, 0.6) is 0 Å². The van der Waals surface area contributed by atoms with Crippen molar-refractivity contribution in [3.05, 3.63) is 65.5 Å². The predicted octanol–water partition coefficient (Wildman–Crippen LogP) is 4.15. The quantitative estimate of drug-likeness (QED) is 0.724. The molecule has 0 amide bonds. The van der Waals surface area contributed by atoms with Gasteiger partial charge in [-0.2, -0.15) is 5.26 Å². The molecule has 0 spiro atoms. The molecule has 3 heteroatoms. The van der Waals surface area contributed by atoms with Gasteiger partial charge in [0.2, 0.25) is 0 Å². The Kier molecular flexibility index (Phi) is 3.93. The van der Waals surface area contributed by atoms with Gasteiger partial charge in [0.05, 0.1) is 29.2 Å². The van der Waals surface area contributed by atoms with E-state index in [1.807, 2.05) is 42.5 Å². The molecule has 0 aliphatic heterocycles. The SMILES string of the molecule is CC(C)Cc1nc2ccccc2n1Cc1ccccc1C#N. The van der Waals surface area contributed by atoms with Gasteiger partial charge in [-0.15, -0.1) is 0 Å². The highest BCUT2D eigenvalue weighted by atomic mass is 15.1. The minimum atomic E-state index is 0.543. The Morgan fingerprint density at radius 3 is 2.59 bits per heavy atom. The molecule has 0 bridgehead atoms. The first-order valence-electron chi connectivity index (χ1n) is 7.61. The zero-order valence-electron chi connectivity index (χ0n) is 13.0. The maximum atomic E-state index is 9.30. The van der Waals surface area contributed by atoms with Gasteiger partial charge >= 0.3 is 0 Å². The van der Waals surface area contributed by atoms with E-state index < -0.39 is 0 Å². The van der Waals surface area contributed by atoms with Crippen molar-refractivity contribution >= 4 is 11.0 Å². The number of aromatic nitrogens is 2. The van der Waals surface area contributed by atoms with Crippen LogP contribution in [-0.4, -0.2) is 9.55 Å². The minimum absolute atomic E-state index is 0.543. The average molecular weight is 289 g/mol. The highest BCUT2D eigenvalue weighted by Gasteiger charge is 2.13. The van der Waals surface area contributed by atoms with E-state index in [-0.39, 0.29) is 0 Å². The Morgan fingerprint density at radius 1 is 1.09 bits per heavy atom. The van der Waals surface area contributed by atoms with Crippen molar-refractivity contribution in [2.45, 2.75) is 26.8 Å². The number of benzene rings is 2. The Labute approximate surface area is 130 Å². The van der Waals surface area contributed by atoms with Gasteiger partial charge in [0.1, 0.15) is 5.82 Å². The molecule has 0 N–H and O–H groups in total. The van der Waals surface area contributed by atoms with Crippen molar-refractivity contribution < 1.29 is 0 Å². The van der Waals surface area contributed by atoms with Crippen LogP contribution in [-0.2, 0) is 13.0 Å². The van der Waals surface area contributed by atoms with Gasteiger partial charge in [-0.25, -0.2) is 4.98 Å². The first-order chi connectivity index (χ1) is 10.7. The molecule has 0 atom stereocenters. The summed E-state index contributed by atoms with van der Waals surface area (Å²) >= 11 is 0. The highest BCUT2D eigenvalue weighted by Crippen LogP contribution is 2.21. The molecule has 0 aliphatic rings. The monoisotopic (exact) mass is 289 g/mol. The van der Waals surface area contributed by atoms with Crippen molar-refractivity contribution in [2.75, 3.05) is 0 Å². The summed E-state index contributed by atoms with van der Waals surface area (Å²) in [6, 6.07) is 18.3. The molecule has 3 aromatic rings. The first kappa shape index (κ1) is 14.3. The Morgan fingerprint density at radius 2 is 1.82 bits per heavy atom. The summed E-state index contributed by atoms with van der Waals surface area (Å²) < 4.78 is 2.24. The molecule has 1 aromatic heterocycles. The number of para-hydroxylation sites is 2. The van der Waals surface area contributed by atoms with E-state index in [1.54, 1.807) is 0 Å². The van der Waals surface area contributed by atoms with E-state index in [2.05, 4.69) is 30.6 Å². The van der Waals surface area contributed by atoms with E-state index in [0.717, 1.165) is 34.4 Å². The maximum absolute atomic E-state index is 9.30. The molecule has 3 nitrogen and oxygen atoms in total. The van der Waals surface area contributed by atoms with Gasteiger partial charge in [0.25, 0.3) is 0 Å². The standard InChI is InChI=1S/C19H19N3/c1-14(2)11-19-21-17-9-5-6-10-18(17)22(19)13-16-8-4-3-7-15(16)12-20/h3-10,14H,11,13H2,1-2H3. The number of fused-ring (bicyclic) bond motifs is 1. The van der Waals surface area contributed by atoms with Crippen LogP contribution in [0.4, 0.5) is 0 Å². The van der Waals surface area contributed by atoms with Crippen LogP contribution >= 0.6 is 0 Å². The van der Waals surface area contributed by atoms with E-state index in [0.29, 0.717) is 12.5 Å². The van der Waals surface area contributed by atoms with Crippen LogP contribution in [0.1, 0.15) is 30.8 Å². The number of rotatable bonds is 4. The van der Waals surface area contributed by atoms with Gasteiger partial charge in [-0.1, -0.05) is 44.2 Å². The van der Waals surface area contributed by atoms with E-state index in [1.165, 1.54) is 0 Å². The fraction of sp³-hybridized carbons (Fsp3) is 0.263. The second-order valence-corrected chi connectivity index (χ2v) is 5.97. The van der Waals surface area contributed by atoms with E-state index in [9.17, 15) is 5.26 Å². The number of imidazole rings is 1. The normalized spacial score (nSPS) is 11.0. The third-order valence-corrected chi connectivity index (χ3v) is 3.79. The Bertz CT molecular complexity index is 837. The Hall–Kier alpha value is -2.60. The summed E-state index contributed by atoms with van der Waals surface area (Å²) in [6.07, 6.45) is 0.934. The lowest BCUT2D eigenvalue weighted by molar-refractivity contribution is 0.595. The van der Waals surface area contributed by atoms with Crippen molar-refractivity contribution in [1.82, 2.24) is 9.55 Å². The van der Waals surface area contributed by atoms with E-state index >= 15 is 0 Å². The second kappa shape index (κ2) is 6.03. The smallest absolute Gasteiger partial charge is 0.110 e. The number of nitriles is 1. The van der Waals surface area contributed by atoms with Crippen LogP contribution in [0.2, 0.25) is 0 Å². The van der Waals surface area contributed by atoms with E-state index in [4.69, 9.17) is 4.98 Å². The lowest BCUT2D eigenvalue weighted by atomic mass is 10.1. The van der Waals surface area contributed by atoms with Crippen LogP contribution in [0.15, 0.2) is 48.5 Å². The van der Waals surface area contributed by atoms with Crippen molar-refractivity contribution in [3.63, 3.8) is 0 Å². The van der Waals surface area contributed by atoms with Crippen LogP contribution in [0.3, 0.4) is 0 Å². The summed E-state index contributed by atoms with van der Waals surface area (Å²) in [5, 5.41) is 9.30. The molecule has 110 valence electrons. The number of hydrogen-bond acceptors (Lipinski definition) is 2. The Balaban J connectivity index is 2.10. The third kappa shape index (κ3) is 2.73. The lowest BCUT2D eigenvalue weighted by Crippen LogP contribution is -2.09. The summed E-state index contributed by atoms with van der Waals surface area (Å²) in [4.78, 5) is 4.78. The van der Waals surface area contributed by atoms with Gasteiger partial charge in [0, 0.05) is 6.42 Å². The topological polar surface area (TPSA) is 41.6 Å². The zero-order chi connectivity index (χ0) is 15.5. The minimum Gasteiger partial charge on any atom is -0.323 e. The fourth-order valence-corrected chi connectivity index (χ4v) is 2.76. The molecular weight excluding hydrogens is 270 g/mol. The average Bonchev–Trinajstić information content (AvgIpc) is 2.85. The van der Waals surface area contributed by atoms with Crippen molar-refractivity contribution in [2.24, 2.45) is 5.92 Å². The molecular formula is C19H19N3. The first-order valence-corrected chi connectivity index (χ1v) is 7.61. The molecule has 0 unspecified atom stereocenters. The van der Waals surface area contributed by atoms with Crippen LogP contribution in [0.25, 0.3) is 11.0 Å². The molecule has 0 aliphatic carbocycles. The van der Waals surface area contributed by atoms with Crippen molar-refractivity contribution in [3.8, 4) is 6.07 Å². The van der Waals surface area contributed by atoms with Gasteiger partial charge in [0.15, 0.2) is 0 Å². The molecule has 2 aromatic carbocycles. The van der Waals surface area contributed by atoms with Gasteiger partial charge < -0.3 is 4.57 Å². The van der Waals surface area contributed by atoms with Gasteiger partial charge in [-0.3, -0.25) is 0 Å². The highest BCUT2D eigenvalue weighted by molar-refractivity contribution is 5.76. The summed E-state index contributed by atoms with van der Waals surface area (Å²) in [5.74, 6) is 1.63. The molecule has 1 heterocycles. The summed E-state index contributed by atoms with van der Waals surface area (Å²) in [6.45, 7) is 5.09. The van der Waals surface area contributed by atoms with Crippen LogP contribution in [0, 0.1) is 17.2 Å². The van der Waals surface area contributed by atoms with Crippen LogP contribution < -0.4 is 0 Å². The molecule has 0 saturated carbocycles. The largest absolute Gasteiger partial charge is 0.323 e. The van der Waals surface area contributed by atoms with Gasteiger partial charge in [-0.05, 0) is 29.7 Å². The molecule has 22 heavy (non-hydrogen) atoms. The maximum Gasteiger partial charge on any atom is 0.110 e. The fourth-order valence-electron chi connectivity index (χ4n) is 2.76. The summed E-state index contributed by atoms with van der Waals surface area (Å²) in [5.41, 5.74) is 3.92.